The van der Waals surface area contributed by atoms with E-state index in [2.05, 4.69) is 24.1 Å². The molecule has 1 atom stereocenters. The third-order valence-electron chi connectivity index (χ3n) is 4.82. The number of carbonyl (C=O) groups is 1. The Kier molecular flexibility index (Phi) is 11.4. The minimum atomic E-state index is -2.76. The summed E-state index contributed by atoms with van der Waals surface area (Å²) in [5.41, 5.74) is 0. The molecule has 2 saturated heterocycles. The van der Waals surface area contributed by atoms with Crippen molar-refractivity contribution < 1.29 is 18.3 Å². The van der Waals surface area contributed by atoms with Gasteiger partial charge in [0.1, 0.15) is 0 Å². The number of amides is 1. The van der Waals surface area contributed by atoms with Gasteiger partial charge in [0.05, 0.1) is 25.3 Å². The molecule has 0 radical (unpaired) electrons. The van der Waals surface area contributed by atoms with Crippen LogP contribution in [0.15, 0.2) is 0 Å². The van der Waals surface area contributed by atoms with Gasteiger partial charge < -0.3 is 14.5 Å². The van der Waals surface area contributed by atoms with Gasteiger partial charge in [-0.2, -0.15) is 0 Å². The van der Waals surface area contributed by atoms with Crippen LogP contribution in [0.5, 0.6) is 0 Å². The van der Waals surface area contributed by atoms with Crippen LogP contribution < -0.4 is 5.32 Å². The predicted octanol–water partition coefficient (Wildman–Crippen LogP) is 2.18. The third kappa shape index (κ3) is 7.51. The second kappa shape index (κ2) is 11.5. The smallest absolute Gasteiger partial charge is 0.262 e. The van der Waals surface area contributed by atoms with Crippen LogP contribution >= 0.6 is 24.8 Å². The summed E-state index contributed by atoms with van der Waals surface area (Å²) in [6.07, 6.45) is 1.36. The zero-order valence-electron chi connectivity index (χ0n) is 15.0. The molecule has 1 N–H and O–H groups in total. The summed E-state index contributed by atoms with van der Waals surface area (Å²) < 4.78 is 32.3. The van der Waals surface area contributed by atoms with Crippen LogP contribution in [-0.2, 0) is 9.53 Å². The summed E-state index contributed by atoms with van der Waals surface area (Å²) in [4.78, 5) is 16.3. The highest BCUT2D eigenvalue weighted by molar-refractivity contribution is 5.85. The average Bonchev–Trinajstić information content (AvgIpc) is 2.91. The van der Waals surface area contributed by atoms with E-state index in [1.165, 1.54) is 0 Å². The molecular formula is C16H31Cl2F2N3O2. The maximum Gasteiger partial charge on any atom is 0.262 e. The van der Waals surface area contributed by atoms with Crippen molar-refractivity contribution in [3.8, 4) is 0 Å². The highest BCUT2D eigenvalue weighted by atomic mass is 35.5. The number of likely N-dealkylation sites (tertiary alicyclic amines) is 1. The minimum absolute atomic E-state index is 0. The number of piperidine rings is 1. The van der Waals surface area contributed by atoms with E-state index in [4.69, 9.17) is 4.74 Å². The summed E-state index contributed by atoms with van der Waals surface area (Å²) in [5, 5.41) is 2.64. The van der Waals surface area contributed by atoms with Crippen molar-refractivity contribution in [1.82, 2.24) is 15.1 Å². The van der Waals surface area contributed by atoms with Crippen molar-refractivity contribution in [2.75, 3.05) is 45.9 Å². The molecule has 2 rings (SSSR count). The Morgan fingerprint density at radius 2 is 1.84 bits per heavy atom. The lowest BCUT2D eigenvalue weighted by Crippen LogP contribution is -2.48. The van der Waals surface area contributed by atoms with Crippen molar-refractivity contribution in [3.05, 3.63) is 0 Å². The molecule has 0 aliphatic carbocycles. The average molecular weight is 406 g/mol. The summed E-state index contributed by atoms with van der Waals surface area (Å²) in [6.45, 7) is 8.73. The normalized spacial score (nSPS) is 23.2. The van der Waals surface area contributed by atoms with Gasteiger partial charge in [0.25, 0.3) is 5.92 Å². The van der Waals surface area contributed by atoms with Crippen molar-refractivity contribution in [3.63, 3.8) is 0 Å². The van der Waals surface area contributed by atoms with E-state index >= 15 is 0 Å². The second-order valence-corrected chi connectivity index (χ2v) is 6.42. The molecule has 2 aliphatic rings. The van der Waals surface area contributed by atoms with E-state index in [1.54, 1.807) is 4.90 Å². The van der Waals surface area contributed by atoms with Gasteiger partial charge in [-0.15, -0.1) is 24.8 Å². The van der Waals surface area contributed by atoms with Crippen LogP contribution in [0.3, 0.4) is 0 Å². The summed E-state index contributed by atoms with van der Waals surface area (Å²) >= 11 is 0. The van der Waals surface area contributed by atoms with Gasteiger partial charge in [-0.05, 0) is 25.9 Å². The number of likely N-dealkylation sites (N-methyl/N-ethyl adjacent to an activating group) is 1. The minimum Gasteiger partial charge on any atom is -0.377 e. The van der Waals surface area contributed by atoms with Crippen molar-refractivity contribution in [2.24, 2.45) is 0 Å². The molecule has 2 fully saturated rings. The zero-order chi connectivity index (χ0) is 16.9. The largest absolute Gasteiger partial charge is 0.377 e. The molecule has 0 spiro atoms. The number of ether oxygens (including phenoxy) is 1. The third-order valence-corrected chi connectivity index (χ3v) is 4.82. The number of halogens is 4. The molecule has 2 aliphatic heterocycles. The van der Waals surface area contributed by atoms with E-state index in [9.17, 15) is 13.6 Å². The molecule has 0 aromatic carbocycles. The van der Waals surface area contributed by atoms with E-state index in [0.29, 0.717) is 19.7 Å². The first-order valence-corrected chi connectivity index (χ1v) is 8.69. The van der Waals surface area contributed by atoms with E-state index in [1.807, 2.05) is 0 Å². The number of alkyl halides is 2. The van der Waals surface area contributed by atoms with Crippen molar-refractivity contribution in [2.45, 2.75) is 51.2 Å². The van der Waals surface area contributed by atoms with Crippen LogP contribution in [-0.4, -0.2) is 79.7 Å². The topological polar surface area (TPSA) is 44.8 Å². The Morgan fingerprint density at radius 3 is 2.32 bits per heavy atom. The van der Waals surface area contributed by atoms with Gasteiger partial charge in [0, 0.05) is 26.1 Å². The first-order chi connectivity index (χ1) is 10.9. The lowest BCUT2D eigenvalue weighted by molar-refractivity contribution is -0.136. The fourth-order valence-electron chi connectivity index (χ4n) is 3.24. The molecule has 1 amide bonds. The maximum absolute atomic E-state index is 13.2. The molecule has 0 aromatic heterocycles. The van der Waals surface area contributed by atoms with Gasteiger partial charge in [-0.1, -0.05) is 13.8 Å². The predicted molar refractivity (Wildman–Crippen MR) is 99.2 cm³/mol. The van der Waals surface area contributed by atoms with Crippen molar-refractivity contribution in [1.29, 1.82) is 0 Å². The van der Waals surface area contributed by atoms with E-state index in [0.717, 1.165) is 32.5 Å². The Balaban J connectivity index is 0.00000288. The van der Waals surface area contributed by atoms with Crippen LogP contribution in [0.25, 0.3) is 0 Å². The Hall–Kier alpha value is -0.210. The number of carbonyl (C=O) groups excluding carboxylic acids is 1. The molecule has 0 bridgehead atoms. The molecule has 9 heteroatoms. The molecule has 0 saturated carbocycles. The van der Waals surface area contributed by atoms with Crippen molar-refractivity contribution >= 4 is 30.7 Å². The zero-order valence-corrected chi connectivity index (χ0v) is 16.6. The molecule has 5 nitrogen and oxygen atoms in total. The number of nitrogens with zero attached hydrogens (tertiary/aromatic N) is 2. The van der Waals surface area contributed by atoms with Gasteiger partial charge in [-0.3, -0.25) is 10.1 Å². The Bertz CT molecular complexity index is 394. The number of hydrogen-bond acceptors (Lipinski definition) is 4. The second-order valence-electron chi connectivity index (χ2n) is 6.42. The molecule has 2 heterocycles. The Morgan fingerprint density at radius 1 is 1.24 bits per heavy atom. The van der Waals surface area contributed by atoms with E-state index in [-0.39, 0.29) is 43.2 Å². The summed E-state index contributed by atoms with van der Waals surface area (Å²) in [5.74, 6) is -2.95. The standard InChI is InChI=1S/C16H29F2N3O2.2ClH/c1-3-20(4-2)9-10-23-13-5-7-21(8-6-13)15(22)14-11-16(17,18)12-19-14;;/h13-14,19H,3-12H2,1-2H3;2*1H. The molecule has 1 unspecified atom stereocenters. The van der Waals surface area contributed by atoms with Gasteiger partial charge in [0.2, 0.25) is 5.91 Å². The molecule has 150 valence electrons. The van der Waals surface area contributed by atoms with E-state index < -0.39 is 18.5 Å². The van der Waals surface area contributed by atoms with Gasteiger partial charge in [0.15, 0.2) is 0 Å². The van der Waals surface area contributed by atoms with Crippen LogP contribution in [0.2, 0.25) is 0 Å². The maximum atomic E-state index is 13.2. The lowest BCUT2D eigenvalue weighted by atomic mass is 10.1. The molecule has 25 heavy (non-hydrogen) atoms. The number of rotatable bonds is 7. The van der Waals surface area contributed by atoms with Crippen LogP contribution in [0.4, 0.5) is 8.78 Å². The first-order valence-electron chi connectivity index (χ1n) is 8.69. The summed E-state index contributed by atoms with van der Waals surface area (Å²) in [7, 11) is 0. The summed E-state index contributed by atoms with van der Waals surface area (Å²) in [6, 6.07) is -0.731. The van der Waals surface area contributed by atoms with Gasteiger partial charge in [-0.25, -0.2) is 8.78 Å². The molecule has 0 aromatic rings. The monoisotopic (exact) mass is 405 g/mol. The van der Waals surface area contributed by atoms with Crippen LogP contribution in [0.1, 0.15) is 33.1 Å². The highest BCUT2D eigenvalue weighted by Gasteiger charge is 2.43. The fourth-order valence-corrected chi connectivity index (χ4v) is 3.24. The van der Waals surface area contributed by atoms with Crippen LogP contribution in [0, 0.1) is 0 Å². The quantitative estimate of drug-likeness (QED) is 0.704. The first kappa shape index (κ1) is 24.8. The Labute approximate surface area is 161 Å². The van der Waals surface area contributed by atoms with Gasteiger partial charge >= 0.3 is 0 Å². The fraction of sp³-hybridized carbons (Fsp3) is 0.938. The lowest BCUT2D eigenvalue weighted by Gasteiger charge is -2.33. The highest BCUT2D eigenvalue weighted by Crippen LogP contribution is 2.26. The number of nitrogens with one attached hydrogen (secondary N) is 1. The SMILES string of the molecule is CCN(CC)CCOC1CCN(C(=O)C2CC(F)(F)CN2)CC1.Cl.Cl. The number of hydrogen-bond donors (Lipinski definition) is 1. The molecular weight excluding hydrogens is 375 g/mol.